The van der Waals surface area contributed by atoms with E-state index in [1.807, 2.05) is 19.1 Å². The number of allylic oxidation sites excluding steroid dienone is 1. The van der Waals surface area contributed by atoms with E-state index in [1.165, 1.54) is 0 Å². The van der Waals surface area contributed by atoms with Crippen molar-refractivity contribution in [1.29, 1.82) is 0 Å². The minimum atomic E-state index is -1.42. The molecule has 0 unspecified atom stereocenters. The Bertz CT molecular complexity index is 314. The van der Waals surface area contributed by atoms with Gasteiger partial charge in [-0.15, -0.1) is 0 Å². The van der Waals surface area contributed by atoms with Gasteiger partial charge in [0.15, 0.2) is 0 Å². The first-order chi connectivity index (χ1) is 7.97. The van der Waals surface area contributed by atoms with Gasteiger partial charge >= 0.3 is 18.0 Å². The van der Waals surface area contributed by atoms with Crippen molar-refractivity contribution < 1.29 is 24.6 Å². The lowest BCUT2D eigenvalue weighted by Crippen LogP contribution is -2.47. The number of carbonyl (C=O) groups excluding carboxylic acids is 1. The van der Waals surface area contributed by atoms with Crippen LogP contribution >= 0.6 is 0 Å². The largest absolute Gasteiger partial charge is 0.481 e. The van der Waals surface area contributed by atoms with E-state index in [0.29, 0.717) is 13.0 Å². The van der Waals surface area contributed by atoms with Crippen molar-refractivity contribution in [2.45, 2.75) is 25.8 Å². The Kier molecular flexibility index (Phi) is 7.16. The molecule has 4 N–H and O–H groups in total. The maximum absolute atomic E-state index is 11.2. The highest BCUT2D eigenvalue weighted by molar-refractivity contribution is 5.86. The second-order valence-corrected chi connectivity index (χ2v) is 3.25. The number of hydrogen-bond acceptors (Lipinski definition) is 3. The minimum absolute atomic E-state index is 0.357. The van der Waals surface area contributed by atoms with Crippen LogP contribution in [0.4, 0.5) is 4.79 Å². The number of rotatable bonds is 7. The smallest absolute Gasteiger partial charge is 0.326 e. The van der Waals surface area contributed by atoms with Gasteiger partial charge in [0, 0.05) is 6.54 Å². The van der Waals surface area contributed by atoms with Gasteiger partial charge in [-0.2, -0.15) is 0 Å². The first kappa shape index (κ1) is 14.9. The van der Waals surface area contributed by atoms with E-state index >= 15 is 0 Å². The highest BCUT2D eigenvalue weighted by atomic mass is 16.4. The Balaban J connectivity index is 4.04. The molecule has 0 spiro atoms. The van der Waals surface area contributed by atoms with Crippen molar-refractivity contribution in [2.24, 2.45) is 0 Å². The fourth-order valence-electron chi connectivity index (χ4n) is 1.02. The van der Waals surface area contributed by atoms with E-state index in [1.54, 1.807) is 0 Å². The van der Waals surface area contributed by atoms with Crippen molar-refractivity contribution in [1.82, 2.24) is 10.6 Å². The predicted octanol–water partition coefficient (Wildman–Crippen LogP) is 0.180. The number of carboxylic acid groups (broad SMARTS) is 2. The van der Waals surface area contributed by atoms with E-state index in [4.69, 9.17) is 10.2 Å². The molecule has 0 fully saturated rings. The summed E-state index contributed by atoms with van der Waals surface area (Å²) < 4.78 is 0. The van der Waals surface area contributed by atoms with Crippen LogP contribution in [-0.2, 0) is 9.59 Å². The summed E-state index contributed by atoms with van der Waals surface area (Å²) in [4.78, 5) is 32.2. The van der Waals surface area contributed by atoms with Gasteiger partial charge in [-0.1, -0.05) is 12.2 Å². The molecule has 0 heterocycles. The van der Waals surface area contributed by atoms with Crippen LogP contribution in [0.1, 0.15) is 19.8 Å². The Hall–Kier alpha value is -2.05. The Morgan fingerprint density at radius 2 is 1.94 bits per heavy atom. The second-order valence-electron chi connectivity index (χ2n) is 3.25. The van der Waals surface area contributed by atoms with Crippen LogP contribution < -0.4 is 10.6 Å². The van der Waals surface area contributed by atoms with E-state index in [9.17, 15) is 14.4 Å². The van der Waals surface area contributed by atoms with Gasteiger partial charge in [0.25, 0.3) is 0 Å². The zero-order valence-electron chi connectivity index (χ0n) is 9.47. The maximum atomic E-state index is 11.2. The fraction of sp³-hybridized carbons (Fsp3) is 0.500. The van der Waals surface area contributed by atoms with Gasteiger partial charge in [0.2, 0.25) is 0 Å². The molecular formula is C10H16N2O5. The topological polar surface area (TPSA) is 116 Å². The number of aliphatic carboxylic acids is 2. The monoisotopic (exact) mass is 244 g/mol. The van der Waals surface area contributed by atoms with Crippen molar-refractivity contribution in [3.8, 4) is 0 Å². The second kappa shape index (κ2) is 8.14. The van der Waals surface area contributed by atoms with Crippen LogP contribution in [0.5, 0.6) is 0 Å². The van der Waals surface area contributed by atoms with Crippen LogP contribution in [0.2, 0.25) is 0 Å². The number of amides is 2. The molecule has 0 aliphatic heterocycles. The molecule has 2 amide bonds. The lowest BCUT2D eigenvalue weighted by Gasteiger charge is -2.12. The number of urea groups is 1. The number of hydrogen-bond donors (Lipinski definition) is 4. The first-order valence-corrected chi connectivity index (χ1v) is 5.07. The third-order valence-electron chi connectivity index (χ3n) is 1.81. The molecule has 0 aliphatic carbocycles. The van der Waals surface area contributed by atoms with Crippen LogP contribution in [0.3, 0.4) is 0 Å². The van der Waals surface area contributed by atoms with Crippen molar-refractivity contribution >= 4 is 18.0 Å². The van der Waals surface area contributed by atoms with Crippen LogP contribution in [-0.4, -0.2) is 40.8 Å². The summed E-state index contributed by atoms with van der Waals surface area (Å²) in [6.45, 7) is 2.20. The number of nitrogens with one attached hydrogen (secondary N) is 2. The van der Waals surface area contributed by atoms with Crippen LogP contribution in [0, 0.1) is 0 Å². The highest BCUT2D eigenvalue weighted by Gasteiger charge is 2.22. The van der Waals surface area contributed by atoms with Crippen LogP contribution in [0.15, 0.2) is 12.2 Å². The first-order valence-electron chi connectivity index (χ1n) is 5.07. The molecule has 0 saturated heterocycles. The molecule has 7 heteroatoms. The quantitative estimate of drug-likeness (QED) is 0.376. The molecule has 0 radical (unpaired) electrons. The van der Waals surface area contributed by atoms with Gasteiger partial charge in [-0.3, -0.25) is 4.79 Å². The SMILES string of the molecule is C/C=C/CCNC(=O)N[C@@H](CC(=O)O)C(=O)O. The molecule has 0 bridgehead atoms. The molecule has 0 rings (SSSR count). The zero-order chi connectivity index (χ0) is 13.3. The molecule has 17 heavy (non-hydrogen) atoms. The summed E-state index contributed by atoms with van der Waals surface area (Å²) in [5.41, 5.74) is 0. The molecule has 0 aromatic rings. The molecule has 0 aromatic heterocycles. The summed E-state index contributed by atoms with van der Waals surface area (Å²) in [6.07, 6.45) is 3.63. The highest BCUT2D eigenvalue weighted by Crippen LogP contribution is 1.92. The Labute approximate surface area is 98.5 Å². The third-order valence-corrected chi connectivity index (χ3v) is 1.81. The minimum Gasteiger partial charge on any atom is -0.481 e. The van der Waals surface area contributed by atoms with E-state index in [2.05, 4.69) is 10.6 Å². The fourth-order valence-corrected chi connectivity index (χ4v) is 1.02. The standard InChI is InChI=1S/C10H16N2O5/c1-2-3-4-5-11-10(17)12-7(9(15)16)6-8(13)14/h2-3,7H,4-6H2,1H3,(H,13,14)(H,15,16)(H2,11,12,17)/b3-2+/t7-/m0/s1. The molecule has 7 nitrogen and oxygen atoms in total. The van der Waals surface area contributed by atoms with Gasteiger partial charge in [-0.05, 0) is 13.3 Å². The zero-order valence-corrected chi connectivity index (χ0v) is 9.47. The molecule has 0 aromatic carbocycles. The molecule has 0 saturated carbocycles. The van der Waals surface area contributed by atoms with Gasteiger partial charge < -0.3 is 20.8 Å². The summed E-state index contributed by atoms with van der Waals surface area (Å²) in [5, 5.41) is 21.6. The van der Waals surface area contributed by atoms with Crippen LogP contribution in [0.25, 0.3) is 0 Å². The van der Waals surface area contributed by atoms with E-state index in [0.717, 1.165) is 0 Å². The Morgan fingerprint density at radius 1 is 1.29 bits per heavy atom. The third kappa shape index (κ3) is 7.83. The normalized spacial score (nSPS) is 12.1. The maximum Gasteiger partial charge on any atom is 0.326 e. The summed E-state index contributed by atoms with van der Waals surface area (Å²) >= 11 is 0. The summed E-state index contributed by atoms with van der Waals surface area (Å²) in [5.74, 6) is -2.66. The summed E-state index contributed by atoms with van der Waals surface area (Å²) in [7, 11) is 0. The average Bonchev–Trinajstić information content (AvgIpc) is 2.22. The van der Waals surface area contributed by atoms with Crippen molar-refractivity contribution in [3.63, 3.8) is 0 Å². The molecule has 0 aliphatic rings. The number of carbonyl (C=O) groups is 3. The van der Waals surface area contributed by atoms with Crippen molar-refractivity contribution in [3.05, 3.63) is 12.2 Å². The lowest BCUT2D eigenvalue weighted by atomic mass is 10.2. The van der Waals surface area contributed by atoms with Gasteiger partial charge in [0.1, 0.15) is 6.04 Å². The van der Waals surface area contributed by atoms with E-state index in [-0.39, 0.29) is 0 Å². The molecule has 1 atom stereocenters. The molecular weight excluding hydrogens is 228 g/mol. The molecule has 96 valence electrons. The van der Waals surface area contributed by atoms with Gasteiger partial charge in [0.05, 0.1) is 6.42 Å². The number of carboxylic acids is 2. The average molecular weight is 244 g/mol. The predicted molar refractivity (Wildman–Crippen MR) is 59.6 cm³/mol. The van der Waals surface area contributed by atoms with E-state index < -0.39 is 30.4 Å². The van der Waals surface area contributed by atoms with Crippen molar-refractivity contribution in [2.75, 3.05) is 6.54 Å². The van der Waals surface area contributed by atoms with Gasteiger partial charge in [-0.25, -0.2) is 9.59 Å². The summed E-state index contributed by atoms with van der Waals surface area (Å²) in [6, 6.07) is -2.11. The Morgan fingerprint density at radius 3 is 2.41 bits per heavy atom. The lowest BCUT2D eigenvalue weighted by molar-refractivity contribution is -0.145.